The predicted molar refractivity (Wildman–Crippen MR) is 76.3 cm³/mol. The number of nitrogens with zero attached hydrogens (tertiary/aromatic N) is 2. The third-order valence-corrected chi connectivity index (χ3v) is 2.54. The minimum Gasteiger partial charge on any atom is -0.468 e. The van der Waals surface area contributed by atoms with E-state index < -0.39 is 0 Å². The number of ether oxygens (including phenoxy) is 1. The summed E-state index contributed by atoms with van der Waals surface area (Å²) in [5.74, 6) is -0.760. The standard InChI is InChI=1S/C14H20FN3O2/c1-18(2)10-4-9-16-14(20-3)17-13(19)11-5-7-12(15)8-6-11/h5-8H,4,9-10H2,1-3H3,(H,16,17,19). The van der Waals surface area contributed by atoms with Gasteiger partial charge in [-0.1, -0.05) is 0 Å². The van der Waals surface area contributed by atoms with Crippen LogP contribution in [-0.4, -0.2) is 51.1 Å². The monoisotopic (exact) mass is 281 g/mol. The Bertz CT molecular complexity index is 458. The molecule has 0 spiro atoms. The summed E-state index contributed by atoms with van der Waals surface area (Å²) < 4.78 is 17.8. The molecule has 1 aromatic carbocycles. The van der Waals surface area contributed by atoms with Crippen molar-refractivity contribution >= 4 is 11.9 Å². The number of benzene rings is 1. The van der Waals surface area contributed by atoms with Gasteiger partial charge in [0, 0.05) is 12.1 Å². The lowest BCUT2D eigenvalue weighted by molar-refractivity contribution is 0.0968. The van der Waals surface area contributed by atoms with Gasteiger partial charge < -0.3 is 9.64 Å². The highest BCUT2D eigenvalue weighted by molar-refractivity contribution is 6.04. The summed E-state index contributed by atoms with van der Waals surface area (Å²) in [5.41, 5.74) is 0.351. The Hall–Kier alpha value is -1.95. The van der Waals surface area contributed by atoms with Crippen LogP contribution < -0.4 is 5.32 Å². The zero-order valence-corrected chi connectivity index (χ0v) is 12.0. The van der Waals surface area contributed by atoms with Gasteiger partial charge in [-0.05, 0) is 51.3 Å². The third kappa shape index (κ3) is 5.79. The molecule has 20 heavy (non-hydrogen) atoms. The van der Waals surface area contributed by atoms with Gasteiger partial charge in [-0.3, -0.25) is 10.1 Å². The van der Waals surface area contributed by atoms with Crippen LogP contribution in [0, 0.1) is 5.82 Å². The third-order valence-electron chi connectivity index (χ3n) is 2.54. The van der Waals surface area contributed by atoms with Crippen LogP contribution in [0.2, 0.25) is 0 Å². The molecule has 6 heteroatoms. The van der Waals surface area contributed by atoms with Crippen LogP contribution in [0.5, 0.6) is 0 Å². The van der Waals surface area contributed by atoms with Gasteiger partial charge >= 0.3 is 0 Å². The molecule has 1 amide bonds. The Balaban J connectivity index is 2.52. The second kappa shape index (κ2) is 8.27. The number of hydrogen-bond acceptors (Lipinski definition) is 4. The van der Waals surface area contributed by atoms with Crippen molar-refractivity contribution < 1.29 is 13.9 Å². The summed E-state index contributed by atoms with van der Waals surface area (Å²) in [7, 11) is 5.41. The molecular formula is C14H20FN3O2. The van der Waals surface area contributed by atoms with Crippen LogP contribution in [0.4, 0.5) is 4.39 Å². The number of amidine groups is 1. The van der Waals surface area contributed by atoms with Crippen LogP contribution in [0.25, 0.3) is 0 Å². The average molecular weight is 281 g/mol. The van der Waals surface area contributed by atoms with Crippen molar-refractivity contribution in [3.8, 4) is 0 Å². The highest BCUT2D eigenvalue weighted by Crippen LogP contribution is 2.02. The number of hydrogen-bond donors (Lipinski definition) is 1. The number of nitrogens with one attached hydrogen (secondary N) is 1. The first-order valence-corrected chi connectivity index (χ1v) is 6.33. The topological polar surface area (TPSA) is 53.9 Å². The zero-order chi connectivity index (χ0) is 15.0. The first-order chi connectivity index (χ1) is 9.52. The van der Waals surface area contributed by atoms with Crippen LogP contribution >= 0.6 is 0 Å². The summed E-state index contributed by atoms with van der Waals surface area (Å²) in [5, 5.41) is 2.54. The SMILES string of the molecule is COC(=NCCCN(C)C)NC(=O)c1ccc(F)cc1. The number of amides is 1. The van der Waals surface area contributed by atoms with Crippen molar-refractivity contribution in [1.29, 1.82) is 0 Å². The fraction of sp³-hybridized carbons (Fsp3) is 0.429. The quantitative estimate of drug-likeness (QED) is 0.505. The van der Waals surface area contributed by atoms with E-state index in [0.717, 1.165) is 13.0 Å². The van der Waals surface area contributed by atoms with E-state index in [1.165, 1.54) is 31.4 Å². The molecule has 0 aliphatic carbocycles. The molecule has 5 nitrogen and oxygen atoms in total. The molecule has 0 aliphatic heterocycles. The maximum atomic E-state index is 12.8. The molecule has 1 N–H and O–H groups in total. The van der Waals surface area contributed by atoms with E-state index in [-0.39, 0.29) is 17.7 Å². The van der Waals surface area contributed by atoms with E-state index in [9.17, 15) is 9.18 Å². The van der Waals surface area contributed by atoms with Gasteiger partial charge in [-0.25, -0.2) is 9.38 Å². The van der Waals surface area contributed by atoms with Gasteiger partial charge in [0.2, 0.25) is 0 Å². The van der Waals surface area contributed by atoms with E-state index >= 15 is 0 Å². The highest BCUT2D eigenvalue weighted by atomic mass is 19.1. The van der Waals surface area contributed by atoms with Crippen LogP contribution in [0.1, 0.15) is 16.8 Å². The van der Waals surface area contributed by atoms with Gasteiger partial charge in [-0.2, -0.15) is 0 Å². The minimum absolute atomic E-state index is 0.165. The Kier molecular flexibility index (Phi) is 6.66. The van der Waals surface area contributed by atoms with Gasteiger partial charge in [0.05, 0.1) is 7.11 Å². The van der Waals surface area contributed by atoms with Crippen molar-refractivity contribution in [1.82, 2.24) is 10.2 Å². The minimum atomic E-state index is -0.383. The Morgan fingerprint density at radius 2 is 2.00 bits per heavy atom. The van der Waals surface area contributed by atoms with Gasteiger partial charge in [0.25, 0.3) is 11.9 Å². The maximum Gasteiger partial charge on any atom is 0.291 e. The summed E-state index contributed by atoms with van der Waals surface area (Å²) in [6, 6.07) is 5.44. The number of halogens is 1. The van der Waals surface area contributed by atoms with Crippen LogP contribution in [0.3, 0.4) is 0 Å². The van der Waals surface area contributed by atoms with E-state index in [0.29, 0.717) is 12.1 Å². The first kappa shape index (κ1) is 16.1. The molecule has 0 aromatic heterocycles. The molecule has 0 atom stereocenters. The van der Waals surface area contributed by atoms with Crippen molar-refractivity contribution in [3.05, 3.63) is 35.6 Å². The molecule has 0 radical (unpaired) electrons. The molecule has 110 valence electrons. The number of aliphatic imine (C=N–C) groups is 1. The Morgan fingerprint density at radius 3 is 2.55 bits per heavy atom. The predicted octanol–water partition coefficient (Wildman–Crippen LogP) is 1.51. The molecule has 1 rings (SSSR count). The van der Waals surface area contributed by atoms with Crippen LogP contribution in [-0.2, 0) is 4.74 Å². The van der Waals surface area contributed by atoms with E-state index in [1.54, 1.807) is 0 Å². The molecular weight excluding hydrogens is 261 g/mol. The average Bonchev–Trinajstić information content (AvgIpc) is 2.42. The molecule has 0 bridgehead atoms. The number of carbonyl (C=O) groups excluding carboxylic acids is 1. The molecule has 0 unspecified atom stereocenters. The van der Waals surface area contributed by atoms with Crippen molar-refractivity contribution in [2.24, 2.45) is 4.99 Å². The summed E-state index contributed by atoms with van der Waals surface area (Å²) in [6.07, 6.45) is 0.867. The first-order valence-electron chi connectivity index (χ1n) is 6.33. The molecule has 0 saturated heterocycles. The fourth-order valence-corrected chi connectivity index (χ4v) is 1.49. The van der Waals surface area contributed by atoms with E-state index in [2.05, 4.69) is 15.2 Å². The van der Waals surface area contributed by atoms with Gasteiger partial charge in [-0.15, -0.1) is 0 Å². The summed E-state index contributed by atoms with van der Waals surface area (Å²) in [6.45, 7) is 1.47. The fourth-order valence-electron chi connectivity index (χ4n) is 1.49. The molecule has 0 aliphatic rings. The Labute approximate surface area is 118 Å². The molecule has 0 saturated carbocycles. The molecule has 1 aromatic rings. The lowest BCUT2D eigenvalue weighted by Crippen LogP contribution is -2.32. The smallest absolute Gasteiger partial charge is 0.291 e. The van der Waals surface area contributed by atoms with Crippen molar-refractivity contribution in [2.75, 3.05) is 34.3 Å². The number of carbonyl (C=O) groups is 1. The van der Waals surface area contributed by atoms with Crippen LogP contribution in [0.15, 0.2) is 29.3 Å². The lowest BCUT2D eigenvalue weighted by Gasteiger charge is -2.09. The zero-order valence-electron chi connectivity index (χ0n) is 12.0. The second-order valence-corrected chi connectivity index (χ2v) is 4.51. The van der Waals surface area contributed by atoms with Crippen molar-refractivity contribution in [3.63, 3.8) is 0 Å². The van der Waals surface area contributed by atoms with Crippen molar-refractivity contribution in [2.45, 2.75) is 6.42 Å². The van der Waals surface area contributed by atoms with E-state index in [1.807, 2.05) is 14.1 Å². The lowest BCUT2D eigenvalue weighted by atomic mass is 10.2. The van der Waals surface area contributed by atoms with Gasteiger partial charge in [0.15, 0.2) is 0 Å². The highest BCUT2D eigenvalue weighted by Gasteiger charge is 2.08. The van der Waals surface area contributed by atoms with E-state index in [4.69, 9.17) is 4.74 Å². The largest absolute Gasteiger partial charge is 0.468 e. The normalized spacial score (nSPS) is 11.6. The summed E-state index contributed by atoms with van der Waals surface area (Å²) in [4.78, 5) is 18.1. The second-order valence-electron chi connectivity index (χ2n) is 4.51. The number of rotatable bonds is 5. The number of methoxy groups -OCH3 is 1. The Morgan fingerprint density at radius 1 is 1.35 bits per heavy atom. The maximum absolute atomic E-state index is 12.8. The summed E-state index contributed by atoms with van der Waals surface area (Å²) >= 11 is 0. The molecule has 0 fully saturated rings. The van der Waals surface area contributed by atoms with Gasteiger partial charge in [0.1, 0.15) is 5.82 Å². The molecule has 0 heterocycles.